The van der Waals surface area contributed by atoms with Crippen LogP contribution in [-0.4, -0.2) is 58.5 Å². The number of aromatic amines is 1. The Kier molecular flexibility index (Phi) is 4.72. The molecule has 0 aliphatic heterocycles. The molecule has 10 heteroatoms. The number of amides is 1. The first-order chi connectivity index (χ1) is 16.5. The zero-order valence-electron chi connectivity index (χ0n) is 19.6. The van der Waals surface area contributed by atoms with Gasteiger partial charge in [0, 0.05) is 31.2 Å². The van der Waals surface area contributed by atoms with Crippen LogP contribution in [0.5, 0.6) is 0 Å². The Morgan fingerprint density at radius 2 is 1.97 bits per heavy atom. The third kappa shape index (κ3) is 3.12. The SMILES string of the molecule is CCn1nc(Nc2nc3c(c(C)c(C(=O)N(C4CC4)C4CC4)n3CC)c3nc[nH]c23)cc1C=O. The number of nitrogens with zero attached hydrogens (tertiary/aromatic N) is 6. The Labute approximate surface area is 196 Å². The van der Waals surface area contributed by atoms with Crippen molar-refractivity contribution in [1.82, 2.24) is 34.2 Å². The number of nitrogens with one attached hydrogen (secondary N) is 2. The van der Waals surface area contributed by atoms with Gasteiger partial charge >= 0.3 is 0 Å². The maximum Gasteiger partial charge on any atom is 0.271 e. The van der Waals surface area contributed by atoms with Crippen molar-refractivity contribution in [2.75, 3.05) is 5.32 Å². The van der Waals surface area contributed by atoms with E-state index in [0.717, 1.165) is 59.6 Å². The number of pyridine rings is 1. The lowest BCUT2D eigenvalue weighted by Crippen LogP contribution is -2.36. The van der Waals surface area contributed by atoms with Gasteiger partial charge in [0.2, 0.25) is 0 Å². The minimum atomic E-state index is 0.109. The molecule has 4 aromatic heterocycles. The molecule has 0 bridgehead atoms. The number of carbonyl (C=O) groups is 2. The third-order valence-electron chi connectivity index (χ3n) is 6.92. The van der Waals surface area contributed by atoms with Crippen molar-refractivity contribution in [3.05, 3.63) is 29.3 Å². The van der Waals surface area contributed by atoms with E-state index in [1.807, 2.05) is 25.3 Å². The summed E-state index contributed by atoms with van der Waals surface area (Å²) in [6.07, 6.45) is 6.81. The lowest BCUT2D eigenvalue weighted by Gasteiger charge is -2.23. The average molecular weight is 461 g/mol. The summed E-state index contributed by atoms with van der Waals surface area (Å²) in [7, 11) is 0. The number of hydrogen-bond donors (Lipinski definition) is 2. The van der Waals surface area contributed by atoms with Gasteiger partial charge in [-0.15, -0.1) is 0 Å². The normalized spacial score (nSPS) is 15.9. The molecule has 0 saturated heterocycles. The number of aromatic nitrogens is 6. The van der Waals surface area contributed by atoms with Crippen LogP contribution in [0.15, 0.2) is 12.4 Å². The largest absolute Gasteiger partial charge is 0.342 e. The molecule has 10 nitrogen and oxygen atoms in total. The van der Waals surface area contributed by atoms with E-state index in [-0.39, 0.29) is 5.91 Å². The predicted octanol–water partition coefficient (Wildman–Crippen LogP) is 3.78. The van der Waals surface area contributed by atoms with Crippen molar-refractivity contribution >= 4 is 45.9 Å². The predicted molar refractivity (Wildman–Crippen MR) is 129 cm³/mol. The van der Waals surface area contributed by atoms with E-state index in [1.165, 1.54) is 0 Å². The number of imidazole rings is 1. The van der Waals surface area contributed by atoms with E-state index < -0.39 is 0 Å². The zero-order valence-corrected chi connectivity index (χ0v) is 19.6. The second kappa shape index (κ2) is 7.68. The number of anilines is 2. The highest BCUT2D eigenvalue weighted by atomic mass is 16.2. The van der Waals surface area contributed by atoms with Crippen LogP contribution in [-0.2, 0) is 13.1 Å². The average Bonchev–Trinajstić information content (AvgIpc) is 3.74. The number of rotatable bonds is 8. The van der Waals surface area contributed by atoms with Crippen LogP contribution < -0.4 is 5.32 Å². The standard InChI is InChI=1S/C24H28N8O2/c1-4-30-21(24(34)32(14-6-7-14)15-8-9-15)13(3)18-19-20(26-12-25-19)22(28-23(18)30)27-17-10-16(11-33)31(5-2)29-17/h10-12,14-15H,4-9H2,1-3H3,(H,25,26)(H,27,28,29). The highest BCUT2D eigenvalue weighted by Gasteiger charge is 2.43. The van der Waals surface area contributed by atoms with Gasteiger partial charge < -0.3 is 19.8 Å². The van der Waals surface area contributed by atoms with Crippen LogP contribution >= 0.6 is 0 Å². The number of fused-ring (bicyclic) bond motifs is 3. The van der Waals surface area contributed by atoms with Crippen molar-refractivity contribution in [2.24, 2.45) is 0 Å². The fraction of sp³-hybridized carbons (Fsp3) is 0.458. The van der Waals surface area contributed by atoms with Crippen molar-refractivity contribution < 1.29 is 9.59 Å². The molecule has 0 aromatic carbocycles. The smallest absolute Gasteiger partial charge is 0.271 e. The van der Waals surface area contributed by atoms with E-state index in [4.69, 9.17) is 4.98 Å². The molecular formula is C24H28N8O2. The zero-order chi connectivity index (χ0) is 23.6. The molecule has 4 heterocycles. The van der Waals surface area contributed by atoms with Gasteiger partial charge in [-0.3, -0.25) is 14.3 Å². The number of aryl methyl sites for hydroxylation is 3. The molecule has 176 valence electrons. The first kappa shape index (κ1) is 20.9. The molecule has 34 heavy (non-hydrogen) atoms. The van der Waals surface area contributed by atoms with Crippen LogP contribution in [0.1, 0.15) is 66.1 Å². The fourth-order valence-electron chi connectivity index (χ4n) is 5.05. The molecule has 2 aliphatic carbocycles. The van der Waals surface area contributed by atoms with Gasteiger partial charge in [-0.05, 0) is 52.0 Å². The third-order valence-corrected chi connectivity index (χ3v) is 6.92. The summed E-state index contributed by atoms with van der Waals surface area (Å²) in [6, 6.07) is 2.45. The Hall–Kier alpha value is -3.69. The van der Waals surface area contributed by atoms with Crippen LogP contribution in [0.3, 0.4) is 0 Å². The lowest BCUT2D eigenvalue weighted by atomic mass is 10.1. The molecule has 2 fully saturated rings. The molecule has 0 unspecified atom stereocenters. The number of H-pyrrole nitrogens is 1. The Morgan fingerprint density at radius 1 is 1.24 bits per heavy atom. The maximum atomic E-state index is 13.8. The molecule has 1 amide bonds. The quantitative estimate of drug-likeness (QED) is 0.387. The van der Waals surface area contributed by atoms with E-state index in [0.29, 0.717) is 48.2 Å². The van der Waals surface area contributed by atoms with Gasteiger partial charge in [0.15, 0.2) is 17.9 Å². The summed E-state index contributed by atoms with van der Waals surface area (Å²) >= 11 is 0. The van der Waals surface area contributed by atoms with Crippen molar-refractivity contribution in [2.45, 2.75) is 71.6 Å². The van der Waals surface area contributed by atoms with Gasteiger partial charge in [-0.25, -0.2) is 9.97 Å². The molecule has 0 radical (unpaired) electrons. The maximum absolute atomic E-state index is 13.8. The fourth-order valence-corrected chi connectivity index (χ4v) is 5.05. The first-order valence-corrected chi connectivity index (χ1v) is 12.0. The van der Waals surface area contributed by atoms with Crippen molar-refractivity contribution in [3.8, 4) is 0 Å². The summed E-state index contributed by atoms with van der Waals surface area (Å²) in [4.78, 5) is 40.1. The molecule has 0 spiro atoms. The molecule has 6 rings (SSSR count). The second-order valence-electron chi connectivity index (χ2n) is 9.19. The number of carbonyl (C=O) groups excluding carboxylic acids is 2. The van der Waals surface area contributed by atoms with Gasteiger partial charge in [-0.2, -0.15) is 5.10 Å². The van der Waals surface area contributed by atoms with Crippen LogP contribution in [0.4, 0.5) is 11.6 Å². The van der Waals surface area contributed by atoms with Gasteiger partial charge in [0.25, 0.3) is 5.91 Å². The minimum Gasteiger partial charge on any atom is -0.342 e. The van der Waals surface area contributed by atoms with Crippen molar-refractivity contribution in [1.29, 1.82) is 0 Å². The van der Waals surface area contributed by atoms with E-state index in [9.17, 15) is 9.59 Å². The highest BCUT2D eigenvalue weighted by molar-refractivity contribution is 6.12. The van der Waals surface area contributed by atoms with Crippen molar-refractivity contribution in [3.63, 3.8) is 0 Å². The molecule has 4 aromatic rings. The van der Waals surface area contributed by atoms with Crippen LogP contribution in [0.25, 0.3) is 22.1 Å². The number of aldehydes is 1. The van der Waals surface area contributed by atoms with Crippen LogP contribution in [0.2, 0.25) is 0 Å². The first-order valence-electron chi connectivity index (χ1n) is 12.0. The van der Waals surface area contributed by atoms with E-state index >= 15 is 0 Å². The summed E-state index contributed by atoms with van der Waals surface area (Å²) in [5.41, 5.74) is 4.35. The molecule has 2 N–H and O–H groups in total. The molecule has 0 atom stereocenters. The molecular weight excluding hydrogens is 432 g/mol. The molecule has 2 saturated carbocycles. The summed E-state index contributed by atoms with van der Waals surface area (Å²) in [5.74, 6) is 1.20. The lowest BCUT2D eigenvalue weighted by molar-refractivity contribution is 0.0718. The van der Waals surface area contributed by atoms with E-state index in [2.05, 4.69) is 25.3 Å². The minimum absolute atomic E-state index is 0.109. The van der Waals surface area contributed by atoms with Crippen LogP contribution in [0, 0.1) is 6.92 Å². The Balaban J connectivity index is 1.51. The summed E-state index contributed by atoms with van der Waals surface area (Å²) in [5, 5.41) is 8.62. The topological polar surface area (TPSA) is 114 Å². The Bertz CT molecular complexity index is 1420. The summed E-state index contributed by atoms with van der Waals surface area (Å²) in [6.45, 7) is 7.18. The molecule has 2 aliphatic rings. The summed E-state index contributed by atoms with van der Waals surface area (Å²) < 4.78 is 3.66. The van der Waals surface area contributed by atoms with E-state index in [1.54, 1.807) is 17.1 Å². The second-order valence-corrected chi connectivity index (χ2v) is 9.19. The van der Waals surface area contributed by atoms with Gasteiger partial charge in [0.05, 0.1) is 11.7 Å². The van der Waals surface area contributed by atoms with Gasteiger partial charge in [-0.1, -0.05) is 0 Å². The number of hydrogen-bond acceptors (Lipinski definition) is 6. The Morgan fingerprint density at radius 3 is 2.56 bits per heavy atom. The highest BCUT2D eigenvalue weighted by Crippen LogP contribution is 2.40. The van der Waals surface area contributed by atoms with Gasteiger partial charge in [0.1, 0.15) is 28.1 Å². The monoisotopic (exact) mass is 460 g/mol.